The van der Waals surface area contributed by atoms with Gasteiger partial charge in [-0.2, -0.15) is 5.10 Å². The Bertz CT molecular complexity index is 2040. The fraction of sp³-hybridized carbons (Fsp3) is 0.0345. The zero-order valence-electron chi connectivity index (χ0n) is 21.1. The third-order valence-electron chi connectivity index (χ3n) is 6.55. The highest BCUT2D eigenvalue weighted by Gasteiger charge is 2.19. The van der Waals surface area contributed by atoms with E-state index in [0.29, 0.717) is 50.6 Å². The molecule has 5 aromatic heterocycles. The van der Waals surface area contributed by atoms with Crippen LogP contribution in [0.25, 0.3) is 50.4 Å². The monoisotopic (exact) mass is 529 g/mol. The summed E-state index contributed by atoms with van der Waals surface area (Å²) in [6.45, 7) is 1.90. The van der Waals surface area contributed by atoms with Gasteiger partial charge in [0.05, 0.1) is 23.1 Å². The van der Waals surface area contributed by atoms with E-state index in [-0.39, 0.29) is 11.4 Å². The Morgan fingerprint density at radius 2 is 1.90 bits per heavy atom. The largest absolute Gasteiger partial charge is 0.336 e. The molecule has 2 aromatic carbocycles. The summed E-state index contributed by atoms with van der Waals surface area (Å²) < 4.78 is 17.1. The van der Waals surface area contributed by atoms with Gasteiger partial charge < -0.3 is 10.3 Å². The molecule has 10 nitrogen and oxygen atoms in total. The van der Waals surface area contributed by atoms with Gasteiger partial charge in [0.25, 0.3) is 5.91 Å². The van der Waals surface area contributed by atoms with Crippen LogP contribution in [0.3, 0.4) is 0 Å². The molecule has 7 aromatic rings. The van der Waals surface area contributed by atoms with Crippen LogP contribution in [0.15, 0.2) is 85.7 Å². The number of hydrogen-bond acceptors (Lipinski definition) is 6. The van der Waals surface area contributed by atoms with E-state index in [0.717, 1.165) is 11.2 Å². The molecule has 5 heterocycles. The second kappa shape index (κ2) is 9.24. The van der Waals surface area contributed by atoms with Gasteiger partial charge in [-0.05, 0) is 48.9 Å². The molecule has 0 aliphatic heterocycles. The fourth-order valence-corrected chi connectivity index (χ4v) is 4.64. The van der Waals surface area contributed by atoms with Gasteiger partial charge in [0, 0.05) is 35.1 Å². The van der Waals surface area contributed by atoms with Crippen LogP contribution in [0.1, 0.15) is 16.1 Å². The van der Waals surface area contributed by atoms with Crippen molar-refractivity contribution in [1.29, 1.82) is 0 Å². The Kier molecular flexibility index (Phi) is 5.41. The smallest absolute Gasteiger partial charge is 0.255 e. The minimum atomic E-state index is -0.475. The van der Waals surface area contributed by atoms with Gasteiger partial charge >= 0.3 is 0 Å². The molecule has 0 atom stereocenters. The van der Waals surface area contributed by atoms with E-state index in [4.69, 9.17) is 4.98 Å². The predicted molar refractivity (Wildman–Crippen MR) is 148 cm³/mol. The third kappa shape index (κ3) is 4.06. The van der Waals surface area contributed by atoms with Crippen LogP contribution in [-0.4, -0.2) is 45.6 Å². The fourth-order valence-electron chi connectivity index (χ4n) is 4.64. The van der Waals surface area contributed by atoms with Crippen molar-refractivity contribution in [2.45, 2.75) is 6.92 Å². The quantitative estimate of drug-likeness (QED) is 0.272. The van der Waals surface area contributed by atoms with Crippen molar-refractivity contribution in [2.24, 2.45) is 0 Å². The number of anilines is 1. The van der Waals surface area contributed by atoms with E-state index < -0.39 is 5.82 Å². The van der Waals surface area contributed by atoms with Gasteiger partial charge in [-0.25, -0.2) is 19.3 Å². The van der Waals surface area contributed by atoms with Crippen molar-refractivity contribution in [3.05, 3.63) is 103 Å². The predicted octanol–water partition coefficient (Wildman–Crippen LogP) is 5.45. The number of aromatic amines is 2. The van der Waals surface area contributed by atoms with Gasteiger partial charge in [-0.15, -0.1) is 0 Å². The Morgan fingerprint density at radius 3 is 2.73 bits per heavy atom. The normalized spacial score (nSPS) is 11.3. The molecule has 0 unspecified atom stereocenters. The van der Waals surface area contributed by atoms with Crippen molar-refractivity contribution in [2.75, 3.05) is 5.32 Å². The van der Waals surface area contributed by atoms with Crippen molar-refractivity contribution in [3.8, 4) is 28.5 Å². The minimum absolute atomic E-state index is 0.254. The molecule has 0 aliphatic carbocycles. The maximum Gasteiger partial charge on any atom is 0.255 e. The van der Waals surface area contributed by atoms with E-state index in [1.807, 2.05) is 31.3 Å². The summed E-state index contributed by atoms with van der Waals surface area (Å²) >= 11 is 0. The molecule has 11 heteroatoms. The SMILES string of the molecule is Cc1cn(-c2nccc3[nH]c(-c4n[nH]c5c(F)cc(-c6cncc(NC(=O)c7ccccc7)c6)cc45)nc23)cn1. The summed E-state index contributed by atoms with van der Waals surface area (Å²) in [5.41, 5.74) is 5.18. The topological polar surface area (TPSA) is 130 Å². The molecule has 0 bridgehead atoms. The molecule has 40 heavy (non-hydrogen) atoms. The number of imidazole rings is 2. The number of H-pyrrole nitrogens is 2. The number of pyridine rings is 2. The number of aromatic nitrogens is 8. The minimum Gasteiger partial charge on any atom is -0.336 e. The summed E-state index contributed by atoms with van der Waals surface area (Å²) in [7, 11) is 0. The Labute approximate surface area is 226 Å². The number of nitrogens with zero attached hydrogens (tertiary/aromatic N) is 6. The maximum absolute atomic E-state index is 15.3. The van der Waals surface area contributed by atoms with Crippen LogP contribution in [0.5, 0.6) is 0 Å². The highest BCUT2D eigenvalue weighted by molar-refractivity contribution is 6.04. The molecule has 0 saturated heterocycles. The number of rotatable bonds is 5. The second-order valence-electron chi connectivity index (χ2n) is 9.27. The van der Waals surface area contributed by atoms with Crippen LogP contribution in [-0.2, 0) is 0 Å². The first kappa shape index (κ1) is 23.4. The molecule has 0 spiro atoms. The summed E-state index contributed by atoms with van der Waals surface area (Å²) in [5.74, 6) is 0.346. The number of aryl methyl sites for hydroxylation is 1. The van der Waals surface area contributed by atoms with Gasteiger partial charge in [-0.3, -0.25) is 19.4 Å². The third-order valence-corrected chi connectivity index (χ3v) is 6.55. The first-order valence-electron chi connectivity index (χ1n) is 12.4. The Balaban J connectivity index is 1.28. The average Bonchev–Trinajstić information content (AvgIpc) is 3.71. The summed E-state index contributed by atoms with van der Waals surface area (Å²) in [5, 5.41) is 10.6. The number of benzene rings is 2. The Morgan fingerprint density at radius 1 is 1.02 bits per heavy atom. The second-order valence-corrected chi connectivity index (χ2v) is 9.27. The maximum atomic E-state index is 15.3. The van der Waals surface area contributed by atoms with Crippen LogP contribution in [0, 0.1) is 12.7 Å². The standard InChI is InChI=1S/C29H20FN9O/c1-16-14-39(15-33-16)28-26-23(7-8-32-28)35-27(36-26)25-21-10-18(11-22(30)24(21)37-38-25)19-9-20(13-31-12-19)34-29(40)17-5-3-2-4-6-17/h2-15H,1H3,(H,34,40)(H,35,36)(H,37,38). The highest BCUT2D eigenvalue weighted by atomic mass is 19.1. The van der Waals surface area contributed by atoms with Crippen molar-refractivity contribution in [1.82, 2.24) is 39.7 Å². The Hall–Kier alpha value is -5.71. The van der Waals surface area contributed by atoms with E-state index in [9.17, 15) is 4.79 Å². The van der Waals surface area contributed by atoms with Crippen molar-refractivity contribution in [3.63, 3.8) is 0 Å². The first-order chi connectivity index (χ1) is 19.5. The molecule has 3 N–H and O–H groups in total. The number of carbonyl (C=O) groups is 1. The van der Waals surface area contributed by atoms with Gasteiger partial charge in [0.1, 0.15) is 28.9 Å². The lowest BCUT2D eigenvalue weighted by Crippen LogP contribution is -2.11. The molecular weight excluding hydrogens is 509 g/mol. The number of hydrogen-bond donors (Lipinski definition) is 3. The zero-order chi connectivity index (χ0) is 27.2. The molecule has 0 aliphatic rings. The molecule has 7 rings (SSSR count). The zero-order valence-corrected chi connectivity index (χ0v) is 21.1. The van der Waals surface area contributed by atoms with Gasteiger partial charge in [0.15, 0.2) is 11.6 Å². The molecule has 0 radical (unpaired) electrons. The number of carbonyl (C=O) groups excluding carboxylic acids is 1. The van der Waals surface area contributed by atoms with Crippen molar-refractivity contribution < 1.29 is 9.18 Å². The molecular formula is C29H20FN9O. The molecule has 1 amide bonds. The molecule has 0 saturated carbocycles. The van der Waals surface area contributed by atoms with Crippen LogP contribution < -0.4 is 5.32 Å². The average molecular weight is 530 g/mol. The van der Waals surface area contributed by atoms with Crippen LogP contribution in [0.4, 0.5) is 10.1 Å². The van der Waals surface area contributed by atoms with Gasteiger partial charge in [-0.1, -0.05) is 18.2 Å². The lowest BCUT2D eigenvalue weighted by Gasteiger charge is -2.08. The van der Waals surface area contributed by atoms with E-state index in [1.165, 1.54) is 6.07 Å². The van der Waals surface area contributed by atoms with Gasteiger partial charge in [0.2, 0.25) is 0 Å². The van der Waals surface area contributed by atoms with E-state index in [2.05, 4.69) is 35.5 Å². The number of fused-ring (bicyclic) bond motifs is 2. The van der Waals surface area contributed by atoms with Crippen LogP contribution in [0.2, 0.25) is 0 Å². The first-order valence-corrected chi connectivity index (χ1v) is 12.4. The van der Waals surface area contributed by atoms with E-state index in [1.54, 1.807) is 59.8 Å². The molecule has 194 valence electrons. The lowest BCUT2D eigenvalue weighted by atomic mass is 10.0. The van der Waals surface area contributed by atoms with E-state index >= 15 is 4.39 Å². The molecule has 0 fully saturated rings. The number of nitrogens with one attached hydrogen (secondary N) is 3. The summed E-state index contributed by atoms with van der Waals surface area (Å²) in [4.78, 5) is 33.7. The highest BCUT2D eigenvalue weighted by Crippen LogP contribution is 2.33. The summed E-state index contributed by atoms with van der Waals surface area (Å²) in [6.07, 6.45) is 8.40. The summed E-state index contributed by atoms with van der Waals surface area (Å²) in [6, 6.07) is 15.7. The van der Waals surface area contributed by atoms with Crippen molar-refractivity contribution >= 4 is 33.5 Å². The number of halogens is 1. The number of amides is 1. The van der Waals surface area contributed by atoms with Crippen LogP contribution >= 0.6 is 0 Å². The lowest BCUT2D eigenvalue weighted by molar-refractivity contribution is 0.102.